The number of allylic oxidation sites excluding steroid dienone is 1. The zero-order valence-electron chi connectivity index (χ0n) is 26.4. The summed E-state index contributed by atoms with van der Waals surface area (Å²) < 4.78 is 7.27. The van der Waals surface area contributed by atoms with E-state index in [0.29, 0.717) is 54.0 Å². The normalized spacial score (nSPS) is 43.1. The van der Waals surface area contributed by atoms with E-state index in [1.54, 1.807) is 11.1 Å². The van der Waals surface area contributed by atoms with E-state index in [1.165, 1.54) is 31.2 Å². The van der Waals surface area contributed by atoms with Gasteiger partial charge in [-0.25, -0.2) is 0 Å². The van der Waals surface area contributed by atoms with Gasteiger partial charge in [-0.2, -0.15) is 0 Å². The zero-order chi connectivity index (χ0) is 29.2. The van der Waals surface area contributed by atoms with Crippen LogP contribution in [0, 0.1) is 40.9 Å². The molecule has 2 saturated heterocycles. The highest BCUT2D eigenvalue weighted by molar-refractivity contribution is 5.79. The summed E-state index contributed by atoms with van der Waals surface area (Å²) in [5.74, 6) is 4.35. The molecular weight excluding hydrogens is 520 g/mol. The highest BCUT2D eigenvalue weighted by Crippen LogP contribution is 2.66. The molecule has 0 aromatic heterocycles. The largest absolute Gasteiger partial charge is 0.365 e. The number of piperidine rings is 1. The highest BCUT2D eigenvalue weighted by Gasteiger charge is 2.62. The Morgan fingerprint density at radius 2 is 1.90 bits per heavy atom. The number of hydrogen-bond acceptors (Lipinski definition) is 4. The summed E-state index contributed by atoms with van der Waals surface area (Å²) in [7, 11) is 0. The molecule has 0 unspecified atom stereocenters. The van der Waals surface area contributed by atoms with Crippen LogP contribution in [-0.2, 0) is 20.7 Å². The number of ketones is 1. The maximum Gasteiger partial charge on any atom is 0.234 e. The molecule has 0 bridgehead atoms. The van der Waals surface area contributed by atoms with Gasteiger partial charge in [0.1, 0.15) is 5.78 Å². The second kappa shape index (κ2) is 10.9. The monoisotopic (exact) mass is 572 g/mol. The second-order valence-corrected chi connectivity index (χ2v) is 15.5. The van der Waals surface area contributed by atoms with E-state index < -0.39 is 0 Å². The third-order valence-corrected chi connectivity index (χ3v) is 13.4. The Bertz CT molecular complexity index is 1240. The number of Topliss-reactive ketones (excluding diaryl/α,β-unsaturated/α-hetero) is 1. The summed E-state index contributed by atoms with van der Waals surface area (Å²) in [6, 6.07) is 10.7. The Balaban J connectivity index is 1.08. The van der Waals surface area contributed by atoms with Gasteiger partial charge in [0.2, 0.25) is 5.91 Å². The number of likely N-dealkylation sites (tertiary alicyclic amines) is 1. The first kappa shape index (κ1) is 28.8. The van der Waals surface area contributed by atoms with Crippen LogP contribution in [0.5, 0.6) is 0 Å². The Morgan fingerprint density at radius 3 is 2.71 bits per heavy atom. The fourth-order valence-corrected chi connectivity index (χ4v) is 11.3. The Kier molecular flexibility index (Phi) is 7.45. The molecule has 2 heterocycles. The average Bonchev–Trinajstić information content (AvgIpc) is 3.48. The smallest absolute Gasteiger partial charge is 0.234 e. The summed E-state index contributed by atoms with van der Waals surface area (Å²) >= 11 is 0. The number of nitrogens with zero attached hydrogens (tertiary/aromatic N) is 1. The Hall–Kier alpha value is -1.98. The minimum Gasteiger partial charge on any atom is -0.365 e. The van der Waals surface area contributed by atoms with E-state index in [0.717, 1.165) is 56.9 Å². The molecule has 1 N–H and O–H groups in total. The van der Waals surface area contributed by atoms with E-state index in [1.807, 2.05) is 6.07 Å². The van der Waals surface area contributed by atoms with Crippen LogP contribution in [0.4, 0.5) is 0 Å². The first-order chi connectivity index (χ1) is 20.2. The van der Waals surface area contributed by atoms with Gasteiger partial charge >= 0.3 is 0 Å². The van der Waals surface area contributed by atoms with Crippen LogP contribution in [0.2, 0.25) is 0 Å². The van der Waals surface area contributed by atoms with Crippen molar-refractivity contribution in [3.8, 4) is 0 Å². The predicted molar refractivity (Wildman–Crippen MR) is 166 cm³/mol. The molecule has 1 aromatic carbocycles. The van der Waals surface area contributed by atoms with Crippen molar-refractivity contribution in [3.05, 3.63) is 47.0 Å². The molecule has 3 saturated carbocycles. The average molecular weight is 573 g/mol. The summed E-state index contributed by atoms with van der Waals surface area (Å²) in [5.41, 5.74) is 4.66. The molecule has 7 rings (SSSR count). The molecule has 228 valence electrons. The fraction of sp³-hybridized carbons (Fsp3) is 0.730. The van der Waals surface area contributed by atoms with E-state index in [4.69, 9.17) is 4.74 Å². The van der Waals surface area contributed by atoms with Gasteiger partial charge in [0.15, 0.2) is 0 Å². The molecule has 42 heavy (non-hydrogen) atoms. The number of nitrogens with one attached hydrogen (secondary N) is 1. The van der Waals surface area contributed by atoms with Crippen LogP contribution >= 0.6 is 0 Å². The molecule has 0 radical (unpaired) electrons. The third kappa shape index (κ3) is 4.64. The fourth-order valence-electron chi connectivity index (χ4n) is 11.3. The molecule has 1 amide bonds. The summed E-state index contributed by atoms with van der Waals surface area (Å²) in [6.45, 7) is 11.8. The van der Waals surface area contributed by atoms with E-state index in [2.05, 4.69) is 62.2 Å². The predicted octanol–water partition coefficient (Wildman–Crippen LogP) is 6.36. The van der Waals surface area contributed by atoms with Crippen LogP contribution in [0.25, 0.3) is 0 Å². The lowest BCUT2D eigenvalue weighted by Crippen LogP contribution is -2.55. The number of rotatable bonds is 5. The second-order valence-electron chi connectivity index (χ2n) is 15.5. The molecular formula is C37H52N2O3. The molecule has 5 heteroatoms. The molecule has 2 aliphatic heterocycles. The highest BCUT2D eigenvalue weighted by atomic mass is 16.5. The minimum atomic E-state index is -0.191. The van der Waals surface area contributed by atoms with Crippen molar-refractivity contribution in [2.75, 3.05) is 19.6 Å². The maximum absolute atomic E-state index is 13.2. The van der Waals surface area contributed by atoms with Gasteiger partial charge in [0.25, 0.3) is 0 Å². The van der Waals surface area contributed by atoms with Crippen molar-refractivity contribution in [3.63, 3.8) is 0 Å². The van der Waals surface area contributed by atoms with Gasteiger partial charge in [-0.3, -0.25) is 14.5 Å². The quantitative estimate of drug-likeness (QED) is 0.417. The van der Waals surface area contributed by atoms with Crippen molar-refractivity contribution in [1.82, 2.24) is 10.2 Å². The molecule has 1 aromatic rings. The van der Waals surface area contributed by atoms with Crippen molar-refractivity contribution >= 4 is 11.7 Å². The summed E-state index contributed by atoms with van der Waals surface area (Å²) in [6.07, 6.45) is 11.0. The van der Waals surface area contributed by atoms with Gasteiger partial charge in [0, 0.05) is 37.9 Å². The van der Waals surface area contributed by atoms with Crippen molar-refractivity contribution < 1.29 is 14.3 Å². The van der Waals surface area contributed by atoms with E-state index in [-0.39, 0.29) is 17.6 Å². The molecule has 4 aliphatic carbocycles. The summed E-state index contributed by atoms with van der Waals surface area (Å²) in [4.78, 5) is 28.0. The standard InChI is InChI=1S/C37H52N2O3/c1-23-18-33-35(39(21-23)22-34(41)38-17-14-26-8-6-5-7-9-26)25(3)37(42-33)16-13-29-30-11-10-27-19-28(40)12-15-36(27,4)32(30)20-31(29)24(37)2/h5-9,23,25,27,29-30,32-33,35H,10-22H2,1-4H3,(H,38,41)/t23-,25+,27+,29-,30-,32-,33+,35-,36-,37-/m0/s1. The number of hydrogen-bond donors (Lipinski definition) is 1. The van der Waals surface area contributed by atoms with Crippen LogP contribution < -0.4 is 5.32 Å². The first-order valence-electron chi connectivity index (χ1n) is 17.1. The lowest BCUT2D eigenvalue weighted by molar-refractivity contribution is -0.130. The minimum absolute atomic E-state index is 0.138. The molecule has 5 nitrogen and oxygen atoms in total. The number of carbonyl (C=O) groups excluding carboxylic acids is 2. The van der Waals surface area contributed by atoms with Crippen LogP contribution in [-0.4, -0.2) is 54.0 Å². The van der Waals surface area contributed by atoms with Crippen molar-refractivity contribution in [2.24, 2.45) is 40.9 Å². The van der Waals surface area contributed by atoms with Crippen LogP contribution in [0.3, 0.4) is 0 Å². The number of ether oxygens (including phenoxy) is 1. The molecule has 10 atom stereocenters. The number of benzene rings is 1. The van der Waals surface area contributed by atoms with Gasteiger partial charge < -0.3 is 10.1 Å². The van der Waals surface area contributed by atoms with E-state index in [9.17, 15) is 9.59 Å². The first-order valence-corrected chi connectivity index (χ1v) is 17.1. The van der Waals surface area contributed by atoms with Crippen LogP contribution in [0.15, 0.2) is 41.5 Å². The van der Waals surface area contributed by atoms with Gasteiger partial charge in [-0.1, -0.05) is 56.7 Å². The van der Waals surface area contributed by atoms with Gasteiger partial charge in [-0.15, -0.1) is 0 Å². The van der Waals surface area contributed by atoms with Gasteiger partial charge in [0.05, 0.1) is 18.2 Å². The third-order valence-electron chi connectivity index (χ3n) is 13.4. The van der Waals surface area contributed by atoms with Gasteiger partial charge in [-0.05, 0) is 104 Å². The van der Waals surface area contributed by atoms with Crippen molar-refractivity contribution in [2.45, 2.75) is 110 Å². The maximum atomic E-state index is 13.2. The molecule has 1 spiro atoms. The Morgan fingerprint density at radius 1 is 1.10 bits per heavy atom. The lowest BCUT2D eigenvalue weighted by Gasteiger charge is -2.52. The molecule has 6 aliphatic rings. The number of carbonyl (C=O) groups is 2. The van der Waals surface area contributed by atoms with Crippen molar-refractivity contribution in [1.29, 1.82) is 0 Å². The summed E-state index contributed by atoms with van der Waals surface area (Å²) in [5, 5.41) is 3.20. The number of amides is 1. The lowest BCUT2D eigenvalue weighted by atomic mass is 9.52. The van der Waals surface area contributed by atoms with E-state index >= 15 is 0 Å². The topological polar surface area (TPSA) is 58.6 Å². The van der Waals surface area contributed by atoms with Crippen LogP contribution in [0.1, 0.15) is 91.0 Å². The zero-order valence-corrected chi connectivity index (χ0v) is 26.4. The SMILES string of the molecule is CC1=C2C[C@H]3[C@@H](CC[C@@H]4CC(=O)CC[C@@]43C)[C@@H]2CC[C@]12O[C@@H]1C[C@H](C)CN(CC(=O)NCCc3ccccc3)[C@H]1[C@H]2C. The molecule has 5 fully saturated rings. The number of fused-ring (bicyclic) bond motifs is 6. The Labute approximate surface area is 253 Å².